The smallest absolute Gasteiger partial charge is 0.305 e. The molecule has 108 valence electrons. The molecule has 3 saturated heterocycles. The molecule has 4 atom stereocenters. The summed E-state index contributed by atoms with van der Waals surface area (Å²) in [5.74, 6) is -1.15. The van der Waals surface area contributed by atoms with Gasteiger partial charge in [0, 0.05) is 18.8 Å². The van der Waals surface area contributed by atoms with Crippen LogP contribution < -0.4 is 0 Å². The molecule has 0 amide bonds. The van der Waals surface area contributed by atoms with Gasteiger partial charge < -0.3 is 9.47 Å². The average Bonchev–Trinajstić information content (AvgIpc) is 2.51. The first kappa shape index (κ1) is 13.3. The van der Waals surface area contributed by atoms with Gasteiger partial charge in [-0.3, -0.25) is 4.79 Å². The third kappa shape index (κ3) is 1.90. The van der Waals surface area contributed by atoms with Crippen LogP contribution in [0.25, 0.3) is 0 Å². The van der Waals surface area contributed by atoms with E-state index in [4.69, 9.17) is 19.2 Å². The molecule has 5 nitrogen and oxygen atoms in total. The normalized spacial score (nSPS) is 49.3. The summed E-state index contributed by atoms with van der Waals surface area (Å²) >= 11 is 0. The molecular weight excluding hydrogens is 248 g/mol. The molecule has 0 unspecified atom stereocenters. The summed E-state index contributed by atoms with van der Waals surface area (Å²) in [5, 5.41) is 0. The monoisotopic (exact) mass is 270 g/mol. The summed E-state index contributed by atoms with van der Waals surface area (Å²) in [6, 6.07) is 0. The lowest BCUT2D eigenvalue weighted by Gasteiger charge is -2.53. The van der Waals surface area contributed by atoms with Crippen LogP contribution in [0.2, 0.25) is 0 Å². The first-order valence-electron chi connectivity index (χ1n) is 7.11. The van der Waals surface area contributed by atoms with Crippen LogP contribution in [-0.4, -0.2) is 23.6 Å². The van der Waals surface area contributed by atoms with Gasteiger partial charge in [-0.1, -0.05) is 19.8 Å². The topological polar surface area (TPSA) is 54.0 Å². The molecule has 5 heteroatoms. The lowest BCUT2D eigenvalue weighted by atomic mass is 9.62. The molecule has 0 aromatic heterocycles. The van der Waals surface area contributed by atoms with Gasteiger partial charge in [-0.05, 0) is 26.2 Å². The predicted octanol–water partition coefficient (Wildman–Crippen LogP) is 2.68. The second-order valence-electron chi connectivity index (χ2n) is 6.52. The summed E-state index contributed by atoms with van der Waals surface area (Å²) in [6.45, 7) is 5.45. The molecule has 0 N–H and O–H groups in total. The van der Waals surface area contributed by atoms with Crippen LogP contribution in [0.3, 0.4) is 0 Å². The van der Waals surface area contributed by atoms with E-state index in [1.807, 2.05) is 6.92 Å². The number of carbonyl (C=O) groups excluding carboxylic acids is 1. The first-order chi connectivity index (χ1) is 8.89. The van der Waals surface area contributed by atoms with E-state index >= 15 is 0 Å². The minimum Gasteiger partial charge on any atom is -0.432 e. The van der Waals surface area contributed by atoms with E-state index in [1.54, 1.807) is 0 Å². The highest BCUT2D eigenvalue weighted by molar-refractivity contribution is 5.66. The highest BCUT2D eigenvalue weighted by atomic mass is 17.3. The summed E-state index contributed by atoms with van der Waals surface area (Å²) in [4.78, 5) is 22.7. The van der Waals surface area contributed by atoms with E-state index in [1.165, 1.54) is 13.3 Å². The Kier molecular flexibility index (Phi) is 2.93. The van der Waals surface area contributed by atoms with Crippen LogP contribution in [0.5, 0.6) is 0 Å². The van der Waals surface area contributed by atoms with Crippen LogP contribution in [0, 0.1) is 5.41 Å². The number of hydrogen-bond donors (Lipinski definition) is 0. The SMILES string of the molecule is CC(=O)O[C@@H]1O[C@@]2(C)CC[C@@]3(C)CCCC[C@@]13OO2. The molecule has 2 bridgehead atoms. The van der Waals surface area contributed by atoms with Crippen molar-refractivity contribution in [1.29, 1.82) is 0 Å². The molecule has 1 saturated carbocycles. The number of hydrogen-bond acceptors (Lipinski definition) is 5. The molecule has 0 radical (unpaired) electrons. The molecule has 19 heavy (non-hydrogen) atoms. The fourth-order valence-corrected chi connectivity index (χ4v) is 3.71. The average molecular weight is 270 g/mol. The van der Waals surface area contributed by atoms with Crippen molar-refractivity contribution in [1.82, 2.24) is 0 Å². The van der Waals surface area contributed by atoms with Crippen molar-refractivity contribution >= 4 is 5.97 Å². The zero-order valence-corrected chi connectivity index (χ0v) is 11.9. The molecule has 0 aromatic rings. The molecule has 4 fully saturated rings. The van der Waals surface area contributed by atoms with E-state index in [0.717, 1.165) is 32.1 Å². The Morgan fingerprint density at radius 2 is 1.84 bits per heavy atom. The Bertz CT molecular complexity index is 397. The fourth-order valence-electron chi connectivity index (χ4n) is 3.71. The molecule has 0 aromatic carbocycles. The third-order valence-electron chi connectivity index (χ3n) is 5.06. The summed E-state index contributed by atoms with van der Waals surface area (Å²) in [6.07, 6.45) is 5.11. The van der Waals surface area contributed by atoms with Gasteiger partial charge in [0.15, 0.2) is 5.60 Å². The summed E-state index contributed by atoms with van der Waals surface area (Å²) in [7, 11) is 0. The lowest BCUT2D eigenvalue weighted by Crippen LogP contribution is -2.63. The maximum atomic E-state index is 11.4. The van der Waals surface area contributed by atoms with Gasteiger partial charge in [-0.25, -0.2) is 9.78 Å². The number of rotatable bonds is 1. The Morgan fingerprint density at radius 1 is 1.11 bits per heavy atom. The van der Waals surface area contributed by atoms with Gasteiger partial charge in [0.25, 0.3) is 0 Å². The van der Waals surface area contributed by atoms with Crippen LogP contribution in [0.1, 0.15) is 59.3 Å². The minimum absolute atomic E-state index is 0.0698. The Balaban J connectivity index is 2.01. The van der Waals surface area contributed by atoms with E-state index in [9.17, 15) is 4.79 Å². The molecular formula is C14H22O5. The Labute approximate surface area is 113 Å². The van der Waals surface area contributed by atoms with Crippen molar-refractivity contribution in [2.24, 2.45) is 5.41 Å². The quantitative estimate of drug-likeness (QED) is 0.541. The van der Waals surface area contributed by atoms with Crippen molar-refractivity contribution in [3.63, 3.8) is 0 Å². The van der Waals surface area contributed by atoms with Gasteiger partial charge >= 0.3 is 5.97 Å². The van der Waals surface area contributed by atoms with Crippen molar-refractivity contribution in [2.75, 3.05) is 0 Å². The fraction of sp³-hybridized carbons (Fsp3) is 0.929. The van der Waals surface area contributed by atoms with Crippen molar-refractivity contribution in [2.45, 2.75) is 77.0 Å². The van der Waals surface area contributed by atoms with Gasteiger partial charge in [0.05, 0.1) is 0 Å². The van der Waals surface area contributed by atoms with E-state index in [0.29, 0.717) is 0 Å². The third-order valence-corrected chi connectivity index (χ3v) is 5.06. The molecule has 1 aliphatic carbocycles. The molecule has 1 spiro atoms. The highest BCUT2D eigenvalue weighted by Gasteiger charge is 2.66. The van der Waals surface area contributed by atoms with Crippen LogP contribution in [-0.2, 0) is 24.0 Å². The number of carbonyl (C=O) groups is 1. The number of fused-ring (bicyclic) bond motifs is 3. The molecule has 3 aliphatic heterocycles. The number of esters is 1. The maximum Gasteiger partial charge on any atom is 0.305 e. The van der Waals surface area contributed by atoms with Crippen molar-refractivity contribution < 1.29 is 24.0 Å². The van der Waals surface area contributed by atoms with E-state index < -0.39 is 17.7 Å². The zero-order chi connectivity index (χ0) is 13.7. The molecule has 4 rings (SSSR count). The van der Waals surface area contributed by atoms with Gasteiger partial charge in [-0.15, -0.1) is 0 Å². The van der Waals surface area contributed by atoms with Gasteiger partial charge in [0.2, 0.25) is 12.1 Å². The van der Waals surface area contributed by atoms with E-state index in [2.05, 4.69) is 6.92 Å². The Hall–Kier alpha value is -0.650. The van der Waals surface area contributed by atoms with Crippen LogP contribution in [0.15, 0.2) is 0 Å². The van der Waals surface area contributed by atoms with Crippen LogP contribution >= 0.6 is 0 Å². The summed E-state index contributed by atoms with van der Waals surface area (Å²) < 4.78 is 11.4. The van der Waals surface area contributed by atoms with Crippen molar-refractivity contribution in [3.8, 4) is 0 Å². The first-order valence-corrected chi connectivity index (χ1v) is 7.11. The number of ether oxygens (including phenoxy) is 2. The van der Waals surface area contributed by atoms with Gasteiger partial charge in [-0.2, -0.15) is 0 Å². The van der Waals surface area contributed by atoms with Gasteiger partial charge in [0.1, 0.15) is 0 Å². The highest BCUT2D eigenvalue weighted by Crippen LogP contribution is 2.58. The second kappa shape index (κ2) is 4.17. The molecule has 3 heterocycles. The lowest BCUT2D eigenvalue weighted by molar-refractivity contribution is -0.550. The molecule has 4 aliphatic rings. The summed E-state index contributed by atoms with van der Waals surface area (Å²) in [5.41, 5.74) is -0.730. The minimum atomic E-state index is -0.814. The predicted molar refractivity (Wildman–Crippen MR) is 65.8 cm³/mol. The Morgan fingerprint density at radius 3 is 2.58 bits per heavy atom. The standard InChI is InChI=1S/C14H22O5/c1-10(15)16-11-14-7-5-4-6-12(14,2)8-9-13(3,17-11)18-19-14/h11H,4-9H2,1-3H3/t11-,12-,13-,14-/m1/s1. The van der Waals surface area contributed by atoms with Crippen molar-refractivity contribution in [3.05, 3.63) is 0 Å². The second-order valence-corrected chi connectivity index (χ2v) is 6.52. The zero-order valence-electron chi connectivity index (χ0n) is 11.9. The largest absolute Gasteiger partial charge is 0.432 e. The van der Waals surface area contributed by atoms with Crippen LogP contribution in [0.4, 0.5) is 0 Å². The van der Waals surface area contributed by atoms with E-state index in [-0.39, 0.29) is 11.4 Å². The maximum absolute atomic E-state index is 11.4.